The van der Waals surface area contributed by atoms with Gasteiger partial charge in [0, 0.05) is 67.0 Å². The number of benzene rings is 12. The smallest absolute Gasteiger partial charge is 0.0681 e. The molecular weight excluding hydrogens is 977 g/mol. The molecule has 382 valence electrons. The maximum atomic E-state index is 9.75. The Morgan fingerprint density at radius 1 is 0.237 bits per heavy atom. The summed E-state index contributed by atoms with van der Waals surface area (Å²) in [6.07, 6.45) is 0. The lowest BCUT2D eigenvalue weighted by atomic mass is 10.0. The normalized spacial score (nSPS) is 11.5. The molecule has 0 spiro atoms. The highest BCUT2D eigenvalue weighted by atomic mass is 16.3. The van der Waals surface area contributed by atoms with Gasteiger partial charge >= 0.3 is 0 Å². The molecule has 80 heavy (non-hydrogen) atoms. The van der Waals surface area contributed by atoms with E-state index in [1.165, 1.54) is 10.8 Å². The largest absolute Gasteiger partial charge is 0.392 e. The second-order valence-electron chi connectivity index (χ2n) is 20.4. The molecule has 2 aromatic heterocycles. The molecule has 0 bridgehead atoms. The van der Waals surface area contributed by atoms with Crippen LogP contribution >= 0.6 is 0 Å². The van der Waals surface area contributed by atoms with Gasteiger partial charge in [-0.15, -0.1) is 0 Å². The Kier molecular flexibility index (Phi) is 12.4. The van der Waals surface area contributed by atoms with Crippen LogP contribution in [-0.2, 0) is 13.2 Å². The topological polar surface area (TPSA) is 56.8 Å². The van der Waals surface area contributed by atoms with Crippen LogP contribution in [0.15, 0.2) is 291 Å². The standard InChI is InChI=1S/C74H54N4O2/c79-49-51-21-25-55(26-22-51)57-33-41-71-67(45-57)69-47-65(39-43-73(69)77(71)61-17-9-3-10-18-61)75(59-13-5-1-6-14-59)63-35-29-53(30-36-63)54-31-37-64(38-32-54)76(60-15-7-2-8-16-60)66-40-44-74-70(48-66)68-46-58(56-27-23-52(50-80)24-28-56)34-42-72(68)78(74)62-19-11-4-12-20-62/h1-48,79-80H,49-50H2. The van der Waals surface area contributed by atoms with E-state index in [9.17, 15) is 10.2 Å². The quantitative estimate of drug-likeness (QED) is 0.121. The SMILES string of the molecule is OCc1ccc(-c2ccc3c(c2)c2cc(N(c4ccccc4)c4ccc(-c5ccc(N(c6ccccc6)c6ccc7c(c6)c6cc(-c8ccc(CO)cc8)ccc6n7-c6ccccc6)cc5)cc4)ccc2n3-c2ccccc2)cc1. The highest BCUT2D eigenvalue weighted by Gasteiger charge is 2.21. The van der Waals surface area contributed by atoms with E-state index in [1.807, 2.05) is 24.3 Å². The van der Waals surface area contributed by atoms with Gasteiger partial charge in [0.2, 0.25) is 0 Å². The van der Waals surface area contributed by atoms with E-state index in [1.54, 1.807) is 0 Å². The van der Waals surface area contributed by atoms with Crippen molar-refractivity contribution in [3.63, 3.8) is 0 Å². The molecule has 6 heteroatoms. The van der Waals surface area contributed by atoms with Crippen molar-refractivity contribution in [3.8, 4) is 44.8 Å². The molecule has 0 aliphatic heterocycles. The summed E-state index contributed by atoms with van der Waals surface area (Å²) < 4.78 is 4.72. The maximum absolute atomic E-state index is 9.75. The van der Waals surface area contributed by atoms with E-state index in [0.29, 0.717) is 0 Å². The molecule has 2 N–H and O–H groups in total. The van der Waals surface area contributed by atoms with Gasteiger partial charge in [-0.25, -0.2) is 0 Å². The monoisotopic (exact) mass is 1030 g/mol. The first kappa shape index (κ1) is 48.2. The lowest BCUT2D eigenvalue weighted by Gasteiger charge is -2.26. The fourth-order valence-corrected chi connectivity index (χ4v) is 11.6. The third-order valence-electron chi connectivity index (χ3n) is 15.6. The first-order chi connectivity index (χ1) is 39.6. The molecule has 0 saturated carbocycles. The molecule has 6 nitrogen and oxygen atoms in total. The molecule has 14 aromatic rings. The van der Waals surface area contributed by atoms with Gasteiger partial charge in [-0.3, -0.25) is 0 Å². The number of hydrogen-bond acceptors (Lipinski definition) is 4. The molecular formula is C74H54N4O2. The van der Waals surface area contributed by atoms with Gasteiger partial charge in [-0.05, 0) is 178 Å². The summed E-state index contributed by atoms with van der Waals surface area (Å²) in [6.45, 7) is 0.0378. The predicted octanol–water partition coefficient (Wildman–Crippen LogP) is 18.8. The molecule has 0 radical (unpaired) electrons. The number of para-hydroxylation sites is 4. The Bertz CT molecular complexity index is 4210. The Balaban J connectivity index is 0.827. The fourth-order valence-electron chi connectivity index (χ4n) is 11.6. The zero-order valence-corrected chi connectivity index (χ0v) is 43.8. The lowest BCUT2D eigenvalue weighted by Crippen LogP contribution is -2.10. The van der Waals surface area contributed by atoms with E-state index in [0.717, 1.165) is 123 Å². The summed E-state index contributed by atoms with van der Waals surface area (Å²) in [7, 11) is 0. The average molecular weight is 1030 g/mol. The molecule has 12 aromatic carbocycles. The van der Waals surface area contributed by atoms with E-state index in [-0.39, 0.29) is 13.2 Å². The van der Waals surface area contributed by atoms with Crippen molar-refractivity contribution in [1.82, 2.24) is 9.13 Å². The zero-order chi connectivity index (χ0) is 53.5. The van der Waals surface area contributed by atoms with Crippen LogP contribution < -0.4 is 9.80 Å². The molecule has 0 saturated heterocycles. The van der Waals surface area contributed by atoms with Gasteiger partial charge in [0.05, 0.1) is 35.3 Å². The van der Waals surface area contributed by atoms with E-state index in [2.05, 4.69) is 286 Å². The van der Waals surface area contributed by atoms with Gasteiger partial charge in [0.15, 0.2) is 0 Å². The van der Waals surface area contributed by atoms with Crippen molar-refractivity contribution in [3.05, 3.63) is 302 Å². The molecule has 2 heterocycles. The van der Waals surface area contributed by atoms with Crippen molar-refractivity contribution in [2.24, 2.45) is 0 Å². The summed E-state index contributed by atoms with van der Waals surface area (Å²) in [5, 5.41) is 24.2. The first-order valence-electron chi connectivity index (χ1n) is 27.2. The van der Waals surface area contributed by atoms with Crippen LogP contribution in [0.1, 0.15) is 11.1 Å². The van der Waals surface area contributed by atoms with E-state index < -0.39 is 0 Å². The Labute approximate surface area is 464 Å². The van der Waals surface area contributed by atoms with Crippen LogP contribution in [0.25, 0.3) is 88.4 Å². The van der Waals surface area contributed by atoms with Crippen LogP contribution in [0.3, 0.4) is 0 Å². The summed E-state index contributed by atoms with van der Waals surface area (Å²) in [5.41, 5.74) is 21.6. The second kappa shape index (κ2) is 20.6. The lowest BCUT2D eigenvalue weighted by molar-refractivity contribution is 0.281. The number of anilines is 6. The van der Waals surface area contributed by atoms with Crippen molar-refractivity contribution < 1.29 is 10.2 Å². The van der Waals surface area contributed by atoms with Crippen LogP contribution in [-0.4, -0.2) is 19.3 Å². The van der Waals surface area contributed by atoms with Gasteiger partial charge in [0.25, 0.3) is 0 Å². The van der Waals surface area contributed by atoms with Crippen molar-refractivity contribution >= 4 is 77.7 Å². The minimum absolute atomic E-state index is 0.0189. The average Bonchev–Trinajstić information content (AvgIpc) is 4.15. The highest BCUT2D eigenvalue weighted by Crippen LogP contribution is 2.44. The summed E-state index contributed by atoms with van der Waals surface area (Å²) in [6, 6.07) is 104. The number of aromatic nitrogens is 2. The molecule has 0 aliphatic carbocycles. The minimum atomic E-state index is 0.0189. The van der Waals surface area contributed by atoms with Crippen molar-refractivity contribution in [2.75, 3.05) is 9.80 Å². The summed E-state index contributed by atoms with van der Waals surface area (Å²) in [4.78, 5) is 4.69. The van der Waals surface area contributed by atoms with Crippen LogP contribution in [0.5, 0.6) is 0 Å². The number of rotatable bonds is 13. The third-order valence-corrected chi connectivity index (χ3v) is 15.6. The van der Waals surface area contributed by atoms with Crippen molar-refractivity contribution in [1.29, 1.82) is 0 Å². The number of hydrogen-bond donors (Lipinski definition) is 2. The van der Waals surface area contributed by atoms with Gasteiger partial charge in [0.1, 0.15) is 0 Å². The van der Waals surface area contributed by atoms with Crippen LogP contribution in [0.2, 0.25) is 0 Å². The first-order valence-corrected chi connectivity index (χ1v) is 27.2. The molecule has 0 aliphatic rings. The number of nitrogens with zero attached hydrogens (tertiary/aromatic N) is 4. The maximum Gasteiger partial charge on any atom is 0.0681 e. The van der Waals surface area contributed by atoms with Gasteiger partial charge < -0.3 is 29.1 Å². The number of aliphatic hydroxyl groups is 2. The van der Waals surface area contributed by atoms with Gasteiger partial charge in [-0.1, -0.05) is 158 Å². The minimum Gasteiger partial charge on any atom is -0.392 e. The molecule has 0 amide bonds. The molecule has 0 unspecified atom stereocenters. The zero-order valence-electron chi connectivity index (χ0n) is 43.8. The van der Waals surface area contributed by atoms with Crippen LogP contribution in [0, 0.1) is 0 Å². The number of aliphatic hydroxyl groups excluding tert-OH is 2. The summed E-state index contributed by atoms with van der Waals surface area (Å²) >= 11 is 0. The van der Waals surface area contributed by atoms with E-state index in [4.69, 9.17) is 0 Å². The Hall–Kier alpha value is -10.2. The van der Waals surface area contributed by atoms with Crippen LogP contribution in [0.4, 0.5) is 34.1 Å². The molecule has 14 rings (SSSR count). The Morgan fingerprint density at radius 3 is 0.850 bits per heavy atom. The fraction of sp³-hybridized carbons (Fsp3) is 0.0270. The number of fused-ring (bicyclic) bond motifs is 6. The van der Waals surface area contributed by atoms with E-state index >= 15 is 0 Å². The molecule has 0 atom stereocenters. The van der Waals surface area contributed by atoms with Crippen molar-refractivity contribution in [2.45, 2.75) is 13.2 Å². The third kappa shape index (κ3) is 8.75. The highest BCUT2D eigenvalue weighted by molar-refractivity contribution is 6.13. The molecule has 0 fully saturated rings. The van der Waals surface area contributed by atoms with Gasteiger partial charge in [-0.2, -0.15) is 0 Å². The second-order valence-corrected chi connectivity index (χ2v) is 20.4. The predicted molar refractivity (Wildman–Crippen MR) is 333 cm³/mol. The summed E-state index contributed by atoms with van der Waals surface area (Å²) in [5.74, 6) is 0. The Morgan fingerprint density at radius 2 is 0.500 bits per heavy atom.